The summed E-state index contributed by atoms with van der Waals surface area (Å²) in [5.41, 5.74) is 0.156. The molecule has 1 rings (SSSR count). The summed E-state index contributed by atoms with van der Waals surface area (Å²) in [7, 11) is 6.46. The highest BCUT2D eigenvalue weighted by molar-refractivity contribution is 6.62. The first kappa shape index (κ1) is 13.6. The molecule has 1 aromatic rings. The van der Waals surface area contributed by atoms with E-state index < -0.39 is 5.68 Å². The normalized spacial score (nSPS) is 8.80. The zero-order chi connectivity index (χ0) is 12.0. The minimum Gasteiger partial charge on any atom is -0.504 e. The second kappa shape index (κ2) is 6.12. The van der Waals surface area contributed by atoms with E-state index in [1.165, 1.54) is 13.2 Å². The van der Waals surface area contributed by atoms with E-state index in [9.17, 15) is 9.90 Å². The Morgan fingerprint density at radius 3 is 2.33 bits per heavy atom. The van der Waals surface area contributed by atoms with Gasteiger partial charge < -0.3 is 14.6 Å². The number of phenolic OH excluding ortho intramolecular Hbond substituents is 1. The molecule has 0 heterocycles. The van der Waals surface area contributed by atoms with Gasteiger partial charge in [-0.15, -0.1) is 0 Å². The Morgan fingerprint density at radius 1 is 1.40 bits per heavy atom. The lowest BCUT2D eigenvalue weighted by molar-refractivity contribution is 0.107. The third kappa shape index (κ3) is 3.01. The second-order valence-corrected chi connectivity index (χ2v) is 2.68. The van der Waals surface area contributed by atoms with E-state index >= 15 is 0 Å². The fourth-order valence-corrected chi connectivity index (χ4v) is 1.13. The minimum absolute atomic E-state index is 0.0717. The summed E-state index contributed by atoms with van der Waals surface area (Å²) in [6, 6.07) is 3.13. The Bertz CT molecular complexity index is 348. The predicted octanol–water partition coefficient (Wildman–Crippen LogP) is 2.04. The first-order valence-corrected chi connectivity index (χ1v) is 4.74. The van der Waals surface area contributed by atoms with Gasteiger partial charge in [-0.05, 0) is 18.6 Å². The number of ether oxygens (including phenoxy) is 1. The summed E-state index contributed by atoms with van der Waals surface area (Å²) < 4.78 is 4.91. The molecule has 0 aliphatic rings. The summed E-state index contributed by atoms with van der Waals surface area (Å²) >= 11 is 0. The van der Waals surface area contributed by atoms with Crippen molar-refractivity contribution in [1.82, 2.24) is 0 Å². The molecule has 0 aliphatic heterocycles. The summed E-state index contributed by atoms with van der Waals surface area (Å²) in [5.74, 6) is 0.0892. The SMILES string of the molecule is CC.[B]C(=O)c1ccc(C)c(OC)c1O. The van der Waals surface area contributed by atoms with Crippen LogP contribution in [0.1, 0.15) is 29.8 Å². The van der Waals surface area contributed by atoms with Crippen LogP contribution in [0.4, 0.5) is 0 Å². The standard InChI is InChI=1S/C9H9BO3.C2H6/c1-5-3-4-6(9(10)12)7(11)8(5)13-2;1-2/h3-4,11H,1-2H3;1-2H3. The zero-order valence-corrected chi connectivity index (χ0v) is 9.50. The second-order valence-electron chi connectivity index (χ2n) is 2.68. The first-order chi connectivity index (χ1) is 7.07. The predicted molar refractivity (Wildman–Crippen MR) is 60.8 cm³/mol. The lowest BCUT2D eigenvalue weighted by Crippen LogP contribution is -2.00. The van der Waals surface area contributed by atoms with Gasteiger partial charge in [-0.3, -0.25) is 0 Å². The maximum atomic E-state index is 10.8. The fourth-order valence-electron chi connectivity index (χ4n) is 1.13. The van der Waals surface area contributed by atoms with Crippen LogP contribution >= 0.6 is 0 Å². The van der Waals surface area contributed by atoms with E-state index in [0.717, 1.165) is 5.56 Å². The highest BCUT2D eigenvalue weighted by atomic mass is 16.5. The summed E-state index contributed by atoms with van der Waals surface area (Å²) in [6.07, 6.45) is 0. The van der Waals surface area contributed by atoms with E-state index in [2.05, 4.69) is 0 Å². The van der Waals surface area contributed by atoms with Gasteiger partial charge in [0.15, 0.2) is 19.3 Å². The van der Waals surface area contributed by atoms with Gasteiger partial charge in [0.1, 0.15) is 5.68 Å². The van der Waals surface area contributed by atoms with Gasteiger partial charge in [0.25, 0.3) is 0 Å². The number of methoxy groups -OCH3 is 1. The lowest BCUT2D eigenvalue weighted by Gasteiger charge is -2.09. The van der Waals surface area contributed by atoms with Crippen LogP contribution in [-0.4, -0.2) is 25.7 Å². The molecule has 0 saturated heterocycles. The number of benzene rings is 1. The van der Waals surface area contributed by atoms with Crippen molar-refractivity contribution < 1.29 is 14.6 Å². The van der Waals surface area contributed by atoms with Crippen molar-refractivity contribution >= 4 is 13.5 Å². The molecular weight excluding hydrogens is 191 g/mol. The van der Waals surface area contributed by atoms with Crippen molar-refractivity contribution in [3.63, 3.8) is 0 Å². The minimum atomic E-state index is -0.671. The molecule has 1 N–H and O–H groups in total. The number of phenols is 1. The van der Waals surface area contributed by atoms with Crippen LogP contribution in [0.5, 0.6) is 11.5 Å². The monoisotopic (exact) mass is 206 g/mol. The van der Waals surface area contributed by atoms with Crippen LogP contribution in [0.15, 0.2) is 12.1 Å². The molecule has 4 heteroatoms. The average Bonchev–Trinajstić information content (AvgIpc) is 2.21. The molecule has 0 spiro atoms. The van der Waals surface area contributed by atoms with E-state index in [1.54, 1.807) is 13.0 Å². The van der Waals surface area contributed by atoms with E-state index in [-0.39, 0.29) is 17.1 Å². The Hall–Kier alpha value is -1.45. The van der Waals surface area contributed by atoms with Crippen LogP contribution in [0.3, 0.4) is 0 Å². The molecule has 0 saturated carbocycles. The molecule has 0 aromatic heterocycles. The molecule has 3 nitrogen and oxygen atoms in total. The van der Waals surface area contributed by atoms with Crippen molar-refractivity contribution in [2.45, 2.75) is 20.8 Å². The van der Waals surface area contributed by atoms with Crippen LogP contribution < -0.4 is 4.74 Å². The number of hydrogen-bond donors (Lipinski definition) is 1. The van der Waals surface area contributed by atoms with Crippen molar-refractivity contribution in [3.8, 4) is 11.5 Å². The maximum Gasteiger partial charge on any atom is 0.175 e. The zero-order valence-electron chi connectivity index (χ0n) is 9.50. The van der Waals surface area contributed by atoms with E-state index in [4.69, 9.17) is 12.6 Å². The molecule has 2 radical (unpaired) electrons. The van der Waals surface area contributed by atoms with Gasteiger partial charge in [-0.2, -0.15) is 0 Å². The van der Waals surface area contributed by atoms with Gasteiger partial charge in [0, 0.05) is 0 Å². The first-order valence-electron chi connectivity index (χ1n) is 4.74. The van der Waals surface area contributed by atoms with Gasteiger partial charge in [-0.25, -0.2) is 0 Å². The van der Waals surface area contributed by atoms with Gasteiger partial charge >= 0.3 is 0 Å². The molecule has 1 aromatic carbocycles. The van der Waals surface area contributed by atoms with Crippen LogP contribution in [0.25, 0.3) is 0 Å². The number of aryl methyl sites for hydroxylation is 1. The quantitative estimate of drug-likeness (QED) is 0.753. The molecule has 0 amide bonds. The summed E-state index contributed by atoms with van der Waals surface area (Å²) in [5, 5.41) is 9.51. The lowest BCUT2D eigenvalue weighted by atomic mass is 9.93. The van der Waals surface area contributed by atoms with E-state index in [1.807, 2.05) is 13.8 Å². The largest absolute Gasteiger partial charge is 0.504 e. The molecule has 0 atom stereocenters. The molecular formula is C11H15BO3. The van der Waals surface area contributed by atoms with Crippen molar-refractivity contribution in [2.75, 3.05) is 7.11 Å². The fraction of sp³-hybridized carbons (Fsp3) is 0.364. The number of aromatic hydroxyl groups is 1. The smallest absolute Gasteiger partial charge is 0.175 e. The molecule has 80 valence electrons. The Balaban J connectivity index is 0.000000921. The molecule has 0 aliphatic carbocycles. The average molecular weight is 206 g/mol. The van der Waals surface area contributed by atoms with Gasteiger partial charge in [0.05, 0.1) is 12.7 Å². The van der Waals surface area contributed by atoms with Gasteiger partial charge in [0.2, 0.25) is 0 Å². The number of hydrogen-bond acceptors (Lipinski definition) is 3. The Kier molecular flexibility index (Phi) is 5.53. The van der Waals surface area contributed by atoms with Crippen molar-refractivity contribution in [1.29, 1.82) is 0 Å². The highest BCUT2D eigenvalue weighted by Crippen LogP contribution is 2.32. The molecule has 0 fully saturated rings. The van der Waals surface area contributed by atoms with Crippen molar-refractivity contribution in [3.05, 3.63) is 23.3 Å². The number of carbonyl (C=O) groups is 1. The highest BCUT2D eigenvalue weighted by Gasteiger charge is 2.12. The summed E-state index contributed by atoms with van der Waals surface area (Å²) in [4.78, 5) is 10.8. The maximum absolute atomic E-state index is 10.8. The third-order valence-corrected chi connectivity index (χ3v) is 1.80. The van der Waals surface area contributed by atoms with Crippen LogP contribution in [-0.2, 0) is 0 Å². The van der Waals surface area contributed by atoms with Gasteiger partial charge in [-0.1, -0.05) is 19.9 Å². The summed E-state index contributed by atoms with van der Waals surface area (Å²) in [6.45, 7) is 5.77. The number of carbonyl (C=O) groups excluding carboxylic acids is 1. The number of rotatable bonds is 2. The van der Waals surface area contributed by atoms with Crippen LogP contribution in [0, 0.1) is 6.92 Å². The van der Waals surface area contributed by atoms with Crippen LogP contribution in [0.2, 0.25) is 0 Å². The molecule has 0 unspecified atom stereocenters. The van der Waals surface area contributed by atoms with Crippen molar-refractivity contribution in [2.24, 2.45) is 0 Å². The Morgan fingerprint density at radius 2 is 1.93 bits per heavy atom. The Labute approximate surface area is 91.5 Å². The topological polar surface area (TPSA) is 46.5 Å². The van der Waals surface area contributed by atoms with E-state index in [0.29, 0.717) is 0 Å². The molecule has 15 heavy (non-hydrogen) atoms. The molecule has 0 bridgehead atoms. The third-order valence-electron chi connectivity index (χ3n) is 1.80.